The average molecular weight is 262 g/mol. The van der Waals surface area contributed by atoms with Gasteiger partial charge in [0.2, 0.25) is 5.95 Å². The largest absolute Gasteiger partial charge is 0.341 e. The minimum Gasteiger partial charge on any atom is -0.341 e. The summed E-state index contributed by atoms with van der Waals surface area (Å²) in [5.41, 5.74) is 1.15. The van der Waals surface area contributed by atoms with Gasteiger partial charge in [0.1, 0.15) is 0 Å². The van der Waals surface area contributed by atoms with Crippen molar-refractivity contribution in [2.45, 2.75) is 64.6 Å². The molecule has 0 unspecified atom stereocenters. The summed E-state index contributed by atoms with van der Waals surface area (Å²) in [5.74, 6) is 0.861. The topological polar surface area (TPSA) is 41.1 Å². The van der Waals surface area contributed by atoms with Gasteiger partial charge < -0.3 is 10.2 Å². The zero-order valence-corrected chi connectivity index (χ0v) is 12.4. The molecule has 0 spiro atoms. The van der Waals surface area contributed by atoms with Gasteiger partial charge in [0.15, 0.2) is 0 Å². The third-order valence-corrected chi connectivity index (χ3v) is 3.84. The summed E-state index contributed by atoms with van der Waals surface area (Å²) in [5, 5.41) is 3.38. The third-order valence-electron chi connectivity index (χ3n) is 3.84. The maximum atomic E-state index is 4.51. The van der Waals surface area contributed by atoms with Crippen LogP contribution in [0.25, 0.3) is 0 Å². The first-order valence-electron chi connectivity index (χ1n) is 7.44. The van der Waals surface area contributed by atoms with Crippen molar-refractivity contribution < 1.29 is 0 Å². The van der Waals surface area contributed by atoms with Gasteiger partial charge in [-0.1, -0.05) is 33.1 Å². The van der Waals surface area contributed by atoms with Gasteiger partial charge in [0, 0.05) is 43.6 Å². The van der Waals surface area contributed by atoms with Crippen LogP contribution in [-0.4, -0.2) is 29.1 Å². The second kappa shape index (κ2) is 6.85. The highest BCUT2D eigenvalue weighted by molar-refractivity contribution is 5.30. The molecule has 1 aliphatic rings. The van der Waals surface area contributed by atoms with Crippen LogP contribution in [0.1, 0.15) is 51.5 Å². The van der Waals surface area contributed by atoms with Crippen LogP contribution in [0, 0.1) is 0 Å². The highest BCUT2D eigenvalue weighted by Gasteiger charge is 2.19. The van der Waals surface area contributed by atoms with Crippen molar-refractivity contribution >= 4 is 5.95 Å². The number of hydrogen-bond acceptors (Lipinski definition) is 4. The van der Waals surface area contributed by atoms with Gasteiger partial charge >= 0.3 is 0 Å². The number of rotatable bonds is 5. The maximum Gasteiger partial charge on any atom is 0.225 e. The van der Waals surface area contributed by atoms with Crippen LogP contribution in [-0.2, 0) is 6.54 Å². The molecule has 0 aliphatic heterocycles. The summed E-state index contributed by atoms with van der Waals surface area (Å²) >= 11 is 0. The number of nitrogens with zero attached hydrogens (tertiary/aromatic N) is 3. The van der Waals surface area contributed by atoms with Gasteiger partial charge in [0.25, 0.3) is 0 Å². The molecule has 0 radical (unpaired) electrons. The van der Waals surface area contributed by atoms with Crippen molar-refractivity contribution in [3.63, 3.8) is 0 Å². The first kappa shape index (κ1) is 14.3. The molecule has 0 amide bonds. The molecule has 1 N–H and O–H groups in total. The van der Waals surface area contributed by atoms with Gasteiger partial charge in [-0.15, -0.1) is 0 Å². The fraction of sp³-hybridized carbons (Fsp3) is 0.733. The molecule has 4 nitrogen and oxygen atoms in total. The lowest BCUT2D eigenvalue weighted by Crippen LogP contribution is -2.34. The van der Waals surface area contributed by atoms with Crippen molar-refractivity contribution in [3.8, 4) is 0 Å². The molecular formula is C15H26N4. The molecule has 0 aromatic carbocycles. The van der Waals surface area contributed by atoms with E-state index in [1.165, 1.54) is 32.1 Å². The molecule has 1 heterocycles. The Morgan fingerprint density at radius 1 is 1.21 bits per heavy atom. The van der Waals surface area contributed by atoms with Gasteiger partial charge in [-0.25, -0.2) is 9.97 Å². The summed E-state index contributed by atoms with van der Waals surface area (Å²) in [6.45, 7) is 5.13. The van der Waals surface area contributed by atoms with Gasteiger partial charge in [-0.3, -0.25) is 0 Å². The van der Waals surface area contributed by atoms with Crippen LogP contribution in [0.2, 0.25) is 0 Å². The Hall–Kier alpha value is -1.16. The van der Waals surface area contributed by atoms with E-state index in [0.29, 0.717) is 12.1 Å². The minimum atomic E-state index is 0.490. The zero-order valence-electron chi connectivity index (χ0n) is 12.4. The molecule has 1 aromatic rings. The normalized spacial score (nSPS) is 16.8. The molecule has 1 saturated carbocycles. The molecule has 0 bridgehead atoms. The summed E-state index contributed by atoms with van der Waals surface area (Å²) in [6.07, 6.45) is 10.5. The lowest BCUT2D eigenvalue weighted by Gasteiger charge is -2.31. The van der Waals surface area contributed by atoms with Crippen molar-refractivity contribution in [3.05, 3.63) is 18.0 Å². The Labute approximate surface area is 116 Å². The van der Waals surface area contributed by atoms with Crippen molar-refractivity contribution in [2.75, 3.05) is 11.9 Å². The fourth-order valence-corrected chi connectivity index (χ4v) is 2.57. The summed E-state index contributed by atoms with van der Waals surface area (Å²) in [6, 6.07) is 1.11. The monoisotopic (exact) mass is 262 g/mol. The van der Waals surface area contributed by atoms with Crippen LogP contribution in [0.5, 0.6) is 0 Å². The molecule has 106 valence electrons. The highest BCUT2D eigenvalue weighted by atomic mass is 15.2. The minimum absolute atomic E-state index is 0.490. The van der Waals surface area contributed by atoms with E-state index < -0.39 is 0 Å². The summed E-state index contributed by atoms with van der Waals surface area (Å²) in [4.78, 5) is 11.3. The molecule has 0 saturated heterocycles. The lowest BCUT2D eigenvalue weighted by atomic mass is 9.95. The second-order valence-electron chi connectivity index (χ2n) is 5.83. The van der Waals surface area contributed by atoms with E-state index in [9.17, 15) is 0 Å². The number of anilines is 1. The highest BCUT2D eigenvalue weighted by Crippen LogP contribution is 2.23. The Morgan fingerprint density at radius 3 is 2.42 bits per heavy atom. The van der Waals surface area contributed by atoms with Crippen LogP contribution in [0.15, 0.2) is 12.4 Å². The van der Waals surface area contributed by atoms with E-state index in [-0.39, 0.29) is 0 Å². The number of aromatic nitrogens is 2. The van der Waals surface area contributed by atoms with E-state index in [2.05, 4.69) is 41.1 Å². The van der Waals surface area contributed by atoms with Gasteiger partial charge in [-0.05, 0) is 12.8 Å². The average Bonchev–Trinajstić information content (AvgIpc) is 2.46. The standard InChI is InChI=1S/C15H26N4/c1-12(2)16-9-13-10-17-15(18-11-13)19(3)14-7-5-4-6-8-14/h10-12,14,16H,4-9H2,1-3H3. The number of hydrogen-bond donors (Lipinski definition) is 1. The van der Waals surface area contributed by atoms with Crippen molar-refractivity contribution in [2.24, 2.45) is 0 Å². The van der Waals surface area contributed by atoms with Crippen LogP contribution >= 0.6 is 0 Å². The van der Waals surface area contributed by atoms with E-state index in [1.54, 1.807) is 0 Å². The predicted molar refractivity (Wildman–Crippen MR) is 79.3 cm³/mol. The molecule has 4 heteroatoms. The molecule has 0 atom stereocenters. The quantitative estimate of drug-likeness (QED) is 0.886. The van der Waals surface area contributed by atoms with Crippen LogP contribution < -0.4 is 10.2 Å². The second-order valence-corrected chi connectivity index (χ2v) is 5.83. The van der Waals surface area contributed by atoms with E-state index in [4.69, 9.17) is 0 Å². The molecular weight excluding hydrogens is 236 g/mol. The Bertz CT molecular complexity index is 368. The SMILES string of the molecule is CC(C)NCc1cnc(N(C)C2CCCCC2)nc1. The van der Waals surface area contributed by atoms with Crippen LogP contribution in [0.4, 0.5) is 5.95 Å². The van der Waals surface area contributed by atoms with E-state index in [1.807, 2.05) is 12.4 Å². The summed E-state index contributed by atoms with van der Waals surface area (Å²) < 4.78 is 0. The predicted octanol–water partition coefficient (Wildman–Crippen LogP) is 2.74. The number of nitrogens with one attached hydrogen (secondary N) is 1. The van der Waals surface area contributed by atoms with E-state index in [0.717, 1.165) is 18.1 Å². The summed E-state index contributed by atoms with van der Waals surface area (Å²) in [7, 11) is 2.12. The van der Waals surface area contributed by atoms with Gasteiger partial charge in [0.05, 0.1) is 0 Å². The van der Waals surface area contributed by atoms with Crippen LogP contribution in [0.3, 0.4) is 0 Å². The third kappa shape index (κ3) is 4.16. The Morgan fingerprint density at radius 2 is 1.84 bits per heavy atom. The van der Waals surface area contributed by atoms with Gasteiger partial charge in [-0.2, -0.15) is 0 Å². The molecule has 1 aromatic heterocycles. The lowest BCUT2D eigenvalue weighted by molar-refractivity contribution is 0.424. The van der Waals surface area contributed by atoms with E-state index >= 15 is 0 Å². The fourth-order valence-electron chi connectivity index (χ4n) is 2.57. The smallest absolute Gasteiger partial charge is 0.225 e. The first-order valence-corrected chi connectivity index (χ1v) is 7.44. The maximum absolute atomic E-state index is 4.51. The molecule has 1 fully saturated rings. The van der Waals surface area contributed by atoms with Crippen molar-refractivity contribution in [1.82, 2.24) is 15.3 Å². The molecule has 19 heavy (non-hydrogen) atoms. The zero-order chi connectivity index (χ0) is 13.7. The Kier molecular flexibility index (Phi) is 5.14. The Balaban J connectivity index is 1.93. The van der Waals surface area contributed by atoms with Crippen molar-refractivity contribution in [1.29, 1.82) is 0 Å². The molecule has 1 aliphatic carbocycles. The first-order chi connectivity index (χ1) is 9.16. The molecule has 2 rings (SSSR count).